The highest BCUT2D eigenvalue weighted by Crippen LogP contribution is 2.38. The van der Waals surface area contributed by atoms with Crippen LogP contribution in [0.2, 0.25) is 0 Å². The summed E-state index contributed by atoms with van der Waals surface area (Å²) in [5, 5.41) is 0. The van der Waals surface area contributed by atoms with E-state index in [1.807, 2.05) is 23.1 Å². The Morgan fingerprint density at radius 2 is 1.71 bits per heavy atom. The van der Waals surface area contributed by atoms with Gasteiger partial charge in [-0.2, -0.15) is 0 Å². The molecule has 3 aliphatic rings. The Morgan fingerprint density at radius 3 is 2.52 bits per heavy atom. The van der Waals surface area contributed by atoms with E-state index in [4.69, 9.17) is 9.97 Å². The van der Waals surface area contributed by atoms with Gasteiger partial charge in [0.15, 0.2) is 0 Å². The van der Waals surface area contributed by atoms with Gasteiger partial charge in [-0.05, 0) is 84.5 Å². The maximum absolute atomic E-state index is 15.2. The summed E-state index contributed by atoms with van der Waals surface area (Å²) in [6.07, 6.45) is 13.4. The summed E-state index contributed by atoms with van der Waals surface area (Å²) < 4.78 is 15.2. The number of amides is 1. The van der Waals surface area contributed by atoms with Gasteiger partial charge in [0.2, 0.25) is 5.95 Å². The predicted molar refractivity (Wildman–Crippen MR) is 162 cm³/mol. The van der Waals surface area contributed by atoms with Gasteiger partial charge in [0, 0.05) is 49.8 Å². The molecule has 4 aromatic rings. The monoisotopic (exact) mass is 561 g/mol. The molecule has 214 valence electrons. The number of anilines is 1. The highest BCUT2D eigenvalue weighted by molar-refractivity contribution is 6.00. The number of aromatic nitrogens is 3. The van der Waals surface area contributed by atoms with E-state index in [-0.39, 0.29) is 17.8 Å². The quantitative estimate of drug-likeness (QED) is 0.239. The molecular weight excluding hydrogens is 525 g/mol. The number of halogens is 1. The number of nitrogens with zero attached hydrogens (tertiary/aromatic N) is 5. The van der Waals surface area contributed by atoms with E-state index >= 15 is 4.39 Å². The van der Waals surface area contributed by atoms with Crippen LogP contribution in [0.15, 0.2) is 79.3 Å². The van der Waals surface area contributed by atoms with Crippen LogP contribution in [0.3, 0.4) is 0 Å². The zero-order valence-electron chi connectivity index (χ0n) is 23.8. The highest BCUT2D eigenvalue weighted by atomic mass is 19.1. The average molecular weight is 562 g/mol. The molecule has 2 aromatic heterocycles. The molecule has 42 heavy (non-hydrogen) atoms. The van der Waals surface area contributed by atoms with Gasteiger partial charge >= 0.3 is 0 Å². The molecule has 1 saturated heterocycles. The second-order valence-electron chi connectivity index (χ2n) is 12.1. The van der Waals surface area contributed by atoms with Crippen molar-refractivity contribution >= 4 is 11.9 Å². The Balaban J connectivity index is 1.21. The van der Waals surface area contributed by atoms with Crippen LogP contribution in [-0.2, 0) is 6.54 Å². The molecule has 7 heteroatoms. The molecule has 0 bridgehead atoms. The van der Waals surface area contributed by atoms with Gasteiger partial charge in [0.1, 0.15) is 5.82 Å². The van der Waals surface area contributed by atoms with Gasteiger partial charge in [0.05, 0.1) is 11.3 Å². The molecule has 2 aliphatic carbocycles. The van der Waals surface area contributed by atoms with Crippen LogP contribution < -0.4 is 4.90 Å². The first-order valence-electron chi connectivity index (χ1n) is 15.3. The molecule has 0 spiro atoms. The minimum Gasteiger partial charge on any atom is -0.341 e. The number of rotatable bonds is 7. The van der Waals surface area contributed by atoms with Crippen LogP contribution in [0.5, 0.6) is 0 Å². The minimum atomic E-state index is -0.384. The van der Waals surface area contributed by atoms with Gasteiger partial charge in [-0.15, -0.1) is 0 Å². The Hall–Kier alpha value is -4.13. The lowest BCUT2D eigenvalue weighted by Crippen LogP contribution is -2.42. The molecule has 6 nitrogen and oxygen atoms in total. The fourth-order valence-electron chi connectivity index (χ4n) is 6.82. The number of hydrogen-bond donors (Lipinski definition) is 0. The van der Waals surface area contributed by atoms with Crippen molar-refractivity contribution in [1.29, 1.82) is 0 Å². The average Bonchev–Trinajstić information content (AvgIpc) is 3.89. The number of piperidine rings is 1. The molecule has 7 rings (SSSR count). The van der Waals surface area contributed by atoms with E-state index in [0.29, 0.717) is 35.2 Å². The second kappa shape index (κ2) is 11.6. The molecule has 2 unspecified atom stereocenters. The first-order chi connectivity index (χ1) is 20.6. The lowest BCUT2D eigenvalue weighted by Gasteiger charge is -2.41. The molecule has 3 heterocycles. The van der Waals surface area contributed by atoms with Crippen molar-refractivity contribution in [3.05, 3.63) is 96.2 Å². The van der Waals surface area contributed by atoms with E-state index in [9.17, 15) is 4.79 Å². The fourth-order valence-corrected chi connectivity index (χ4v) is 6.82. The third-order valence-corrected chi connectivity index (χ3v) is 9.25. The number of fused-ring (bicyclic) bond motifs is 1. The summed E-state index contributed by atoms with van der Waals surface area (Å²) in [5.41, 5.74) is 4.29. The van der Waals surface area contributed by atoms with Crippen molar-refractivity contribution in [3.8, 4) is 22.4 Å². The van der Waals surface area contributed by atoms with Crippen LogP contribution in [0.4, 0.5) is 10.3 Å². The van der Waals surface area contributed by atoms with Crippen LogP contribution in [0.25, 0.3) is 22.4 Å². The van der Waals surface area contributed by atoms with Gasteiger partial charge in [0.25, 0.3) is 5.91 Å². The summed E-state index contributed by atoms with van der Waals surface area (Å²) in [7, 11) is 0. The molecule has 0 radical (unpaired) electrons. The van der Waals surface area contributed by atoms with Crippen molar-refractivity contribution in [2.45, 2.75) is 57.5 Å². The Bertz CT molecular complexity index is 1570. The van der Waals surface area contributed by atoms with Crippen LogP contribution >= 0.6 is 0 Å². The number of carbonyl (C=O) groups excluding carboxylic acids is 1. The second-order valence-corrected chi connectivity index (χ2v) is 12.1. The maximum Gasteiger partial charge on any atom is 0.258 e. The minimum absolute atomic E-state index is 0.150. The van der Waals surface area contributed by atoms with Crippen LogP contribution in [0.1, 0.15) is 60.9 Å². The van der Waals surface area contributed by atoms with Crippen molar-refractivity contribution in [1.82, 2.24) is 19.9 Å². The zero-order valence-corrected chi connectivity index (χ0v) is 23.8. The third-order valence-electron chi connectivity index (χ3n) is 9.25. The Kier molecular flexibility index (Phi) is 7.41. The summed E-state index contributed by atoms with van der Waals surface area (Å²) in [4.78, 5) is 32.2. The van der Waals surface area contributed by atoms with E-state index in [0.717, 1.165) is 55.0 Å². The molecule has 2 aromatic carbocycles. The van der Waals surface area contributed by atoms with E-state index < -0.39 is 0 Å². The number of benzene rings is 2. The molecule has 0 N–H and O–H groups in total. The summed E-state index contributed by atoms with van der Waals surface area (Å²) in [6, 6.07) is 19.0. The molecule has 1 amide bonds. The summed E-state index contributed by atoms with van der Waals surface area (Å²) >= 11 is 0. The normalized spacial score (nSPS) is 20.2. The maximum atomic E-state index is 15.2. The first-order valence-corrected chi connectivity index (χ1v) is 15.3. The number of pyridine rings is 1. The lowest BCUT2D eigenvalue weighted by atomic mass is 9.75. The molecule has 1 aliphatic heterocycles. The molecular formula is C35H36FN5O. The smallest absolute Gasteiger partial charge is 0.258 e. The summed E-state index contributed by atoms with van der Waals surface area (Å²) in [5.74, 6) is 1.50. The zero-order chi connectivity index (χ0) is 28.5. The van der Waals surface area contributed by atoms with Crippen LogP contribution in [-0.4, -0.2) is 44.9 Å². The van der Waals surface area contributed by atoms with Gasteiger partial charge in [-0.25, -0.2) is 14.4 Å². The van der Waals surface area contributed by atoms with Gasteiger partial charge in [-0.1, -0.05) is 49.6 Å². The van der Waals surface area contributed by atoms with E-state index in [1.54, 1.807) is 36.8 Å². The van der Waals surface area contributed by atoms with E-state index in [2.05, 4.69) is 28.1 Å². The Labute approximate surface area is 246 Å². The molecule has 2 atom stereocenters. The highest BCUT2D eigenvalue weighted by Gasteiger charge is 2.36. The number of carbonyl (C=O) groups is 1. The van der Waals surface area contributed by atoms with E-state index in [1.165, 1.54) is 31.7 Å². The predicted octanol–water partition coefficient (Wildman–Crippen LogP) is 7.17. The fraction of sp³-hybridized carbons (Fsp3) is 0.371. The topological polar surface area (TPSA) is 62.2 Å². The lowest BCUT2D eigenvalue weighted by molar-refractivity contribution is 0.0730. The largest absolute Gasteiger partial charge is 0.341 e. The van der Waals surface area contributed by atoms with Crippen molar-refractivity contribution in [2.75, 3.05) is 18.0 Å². The van der Waals surface area contributed by atoms with Gasteiger partial charge in [-0.3, -0.25) is 9.78 Å². The Morgan fingerprint density at radius 1 is 0.905 bits per heavy atom. The number of hydrogen-bond acceptors (Lipinski definition) is 5. The van der Waals surface area contributed by atoms with Gasteiger partial charge < -0.3 is 9.80 Å². The van der Waals surface area contributed by atoms with Crippen molar-refractivity contribution in [3.63, 3.8) is 0 Å². The third kappa shape index (κ3) is 5.52. The van der Waals surface area contributed by atoms with Crippen LogP contribution in [0, 0.1) is 17.7 Å². The first kappa shape index (κ1) is 26.7. The SMILES string of the molecule is O=C(c1cnc(N2CCC3CCCCC3C2)nc1-c1ccccc1F)N(Cc1cccc(-c2ccncc2)c1)C1CC1. The van der Waals surface area contributed by atoms with Crippen molar-refractivity contribution in [2.24, 2.45) is 11.8 Å². The molecule has 2 saturated carbocycles. The molecule has 3 fully saturated rings. The standard InChI is InChI=1S/C35H36FN5O/c36-32-11-4-3-10-30(32)33-31(21-38-35(39-33)40-19-16-25-7-1-2-8-28(25)23-40)34(42)41(29-12-13-29)22-24-6-5-9-27(20-24)26-14-17-37-18-15-26/h3-6,9-11,14-15,17-18,20-21,25,28-29H,1-2,7-8,12-13,16,19,22-23H2. The summed E-state index contributed by atoms with van der Waals surface area (Å²) in [6.45, 7) is 2.29. The van der Waals surface area contributed by atoms with Crippen molar-refractivity contribution < 1.29 is 9.18 Å².